The Balaban J connectivity index is 2.17. The molecule has 0 spiro atoms. The molecule has 3 heteroatoms. The molecular formula is C11H23NO2. The Hall–Kier alpha value is -0.120. The molecule has 1 saturated heterocycles. The zero-order valence-corrected chi connectivity index (χ0v) is 9.64. The molecular weight excluding hydrogens is 178 g/mol. The molecule has 1 N–H and O–H groups in total. The molecule has 0 amide bonds. The van der Waals surface area contributed by atoms with Crippen LogP contribution < -0.4 is 5.32 Å². The standard InChI is InChI=1S/C11H23NO2/c1-4-5-10(6-13-3)12-7-11(2)8-14-9-11/h10,12H,4-9H2,1-3H3. The second-order valence-corrected chi connectivity index (χ2v) is 4.63. The van der Waals surface area contributed by atoms with Gasteiger partial charge in [-0.1, -0.05) is 20.3 Å². The fraction of sp³-hybridized carbons (Fsp3) is 1.00. The fourth-order valence-electron chi connectivity index (χ4n) is 1.74. The Labute approximate surface area is 87.2 Å². The zero-order valence-electron chi connectivity index (χ0n) is 9.64. The van der Waals surface area contributed by atoms with Crippen molar-refractivity contribution < 1.29 is 9.47 Å². The van der Waals surface area contributed by atoms with Gasteiger partial charge in [0.15, 0.2) is 0 Å². The Kier molecular flexibility index (Phi) is 4.85. The van der Waals surface area contributed by atoms with Crippen LogP contribution in [-0.4, -0.2) is 39.5 Å². The summed E-state index contributed by atoms with van der Waals surface area (Å²) in [7, 11) is 1.76. The highest BCUT2D eigenvalue weighted by Gasteiger charge is 2.33. The van der Waals surface area contributed by atoms with Crippen LogP contribution in [0.4, 0.5) is 0 Å². The predicted molar refractivity (Wildman–Crippen MR) is 57.5 cm³/mol. The largest absolute Gasteiger partial charge is 0.383 e. The van der Waals surface area contributed by atoms with Crippen LogP contribution in [0.25, 0.3) is 0 Å². The van der Waals surface area contributed by atoms with Gasteiger partial charge in [0.25, 0.3) is 0 Å². The zero-order chi connectivity index (χ0) is 10.4. The van der Waals surface area contributed by atoms with E-state index in [4.69, 9.17) is 9.47 Å². The second-order valence-electron chi connectivity index (χ2n) is 4.63. The van der Waals surface area contributed by atoms with Crippen LogP contribution in [0.1, 0.15) is 26.7 Å². The number of ether oxygens (including phenoxy) is 2. The first-order chi connectivity index (χ1) is 6.70. The van der Waals surface area contributed by atoms with Gasteiger partial charge in [0, 0.05) is 25.1 Å². The maximum Gasteiger partial charge on any atom is 0.0615 e. The van der Waals surface area contributed by atoms with Crippen LogP contribution in [0.15, 0.2) is 0 Å². The topological polar surface area (TPSA) is 30.5 Å². The molecule has 0 saturated carbocycles. The second kappa shape index (κ2) is 5.69. The molecule has 0 bridgehead atoms. The van der Waals surface area contributed by atoms with E-state index in [0.717, 1.165) is 26.4 Å². The lowest BCUT2D eigenvalue weighted by Crippen LogP contribution is -2.50. The van der Waals surface area contributed by atoms with Gasteiger partial charge in [0.05, 0.1) is 19.8 Å². The lowest BCUT2D eigenvalue weighted by atomic mass is 9.88. The molecule has 0 aromatic heterocycles. The van der Waals surface area contributed by atoms with Gasteiger partial charge in [-0.3, -0.25) is 0 Å². The minimum absolute atomic E-state index is 0.361. The van der Waals surface area contributed by atoms with Crippen molar-refractivity contribution in [1.82, 2.24) is 5.32 Å². The Morgan fingerprint density at radius 2 is 2.21 bits per heavy atom. The fourth-order valence-corrected chi connectivity index (χ4v) is 1.74. The van der Waals surface area contributed by atoms with Crippen LogP contribution >= 0.6 is 0 Å². The number of hydrogen-bond donors (Lipinski definition) is 1. The third-order valence-electron chi connectivity index (χ3n) is 2.72. The maximum atomic E-state index is 5.22. The average Bonchev–Trinajstić information content (AvgIpc) is 2.12. The summed E-state index contributed by atoms with van der Waals surface area (Å²) in [6.07, 6.45) is 2.39. The van der Waals surface area contributed by atoms with Gasteiger partial charge < -0.3 is 14.8 Å². The molecule has 1 aliphatic rings. The van der Waals surface area contributed by atoms with Crippen molar-refractivity contribution in [3.63, 3.8) is 0 Å². The van der Waals surface area contributed by atoms with Crippen LogP contribution in [0.5, 0.6) is 0 Å². The lowest BCUT2D eigenvalue weighted by molar-refractivity contribution is -0.101. The quantitative estimate of drug-likeness (QED) is 0.676. The number of nitrogens with one attached hydrogen (secondary N) is 1. The molecule has 84 valence electrons. The van der Waals surface area contributed by atoms with Crippen molar-refractivity contribution in [3.8, 4) is 0 Å². The molecule has 0 aromatic rings. The lowest BCUT2D eigenvalue weighted by Gasteiger charge is -2.39. The molecule has 3 nitrogen and oxygen atoms in total. The summed E-state index contributed by atoms with van der Waals surface area (Å²) < 4.78 is 10.4. The van der Waals surface area contributed by atoms with E-state index in [2.05, 4.69) is 19.2 Å². The van der Waals surface area contributed by atoms with Crippen molar-refractivity contribution in [2.45, 2.75) is 32.7 Å². The minimum atomic E-state index is 0.361. The van der Waals surface area contributed by atoms with E-state index in [0.29, 0.717) is 11.5 Å². The highest BCUT2D eigenvalue weighted by molar-refractivity contribution is 4.84. The van der Waals surface area contributed by atoms with Gasteiger partial charge in [-0.2, -0.15) is 0 Å². The summed E-state index contributed by atoms with van der Waals surface area (Å²) in [6, 6.07) is 0.502. The normalized spacial score (nSPS) is 21.6. The Morgan fingerprint density at radius 3 is 2.64 bits per heavy atom. The average molecular weight is 201 g/mol. The van der Waals surface area contributed by atoms with Gasteiger partial charge in [-0.15, -0.1) is 0 Å². The van der Waals surface area contributed by atoms with Crippen molar-refractivity contribution in [2.24, 2.45) is 5.41 Å². The van der Waals surface area contributed by atoms with E-state index in [1.807, 2.05) is 0 Å². The molecule has 1 fully saturated rings. The molecule has 0 radical (unpaired) electrons. The van der Waals surface area contributed by atoms with Crippen molar-refractivity contribution in [3.05, 3.63) is 0 Å². The third-order valence-corrected chi connectivity index (χ3v) is 2.72. The Bertz CT molecular complexity index is 151. The van der Waals surface area contributed by atoms with Gasteiger partial charge in [-0.05, 0) is 6.42 Å². The highest BCUT2D eigenvalue weighted by atomic mass is 16.5. The molecule has 14 heavy (non-hydrogen) atoms. The third kappa shape index (κ3) is 3.56. The van der Waals surface area contributed by atoms with Crippen molar-refractivity contribution >= 4 is 0 Å². The Morgan fingerprint density at radius 1 is 1.50 bits per heavy atom. The first-order valence-electron chi connectivity index (χ1n) is 5.50. The van der Waals surface area contributed by atoms with Crippen molar-refractivity contribution in [2.75, 3.05) is 33.5 Å². The molecule has 1 aliphatic heterocycles. The summed E-state index contributed by atoms with van der Waals surface area (Å²) in [6.45, 7) is 8.11. The smallest absolute Gasteiger partial charge is 0.0615 e. The van der Waals surface area contributed by atoms with Gasteiger partial charge >= 0.3 is 0 Å². The number of hydrogen-bond acceptors (Lipinski definition) is 3. The van der Waals surface area contributed by atoms with Gasteiger partial charge in [0.2, 0.25) is 0 Å². The van der Waals surface area contributed by atoms with Crippen molar-refractivity contribution in [1.29, 1.82) is 0 Å². The predicted octanol–water partition coefficient (Wildman–Crippen LogP) is 1.43. The summed E-state index contributed by atoms with van der Waals surface area (Å²) in [5.41, 5.74) is 0.361. The SMILES string of the molecule is CCCC(COC)NCC1(C)COC1. The summed E-state index contributed by atoms with van der Waals surface area (Å²) in [5.74, 6) is 0. The molecule has 0 aliphatic carbocycles. The molecule has 1 heterocycles. The van der Waals surface area contributed by atoms with E-state index in [-0.39, 0.29) is 0 Å². The van der Waals surface area contributed by atoms with E-state index in [9.17, 15) is 0 Å². The van der Waals surface area contributed by atoms with Crippen LogP contribution in [0.3, 0.4) is 0 Å². The van der Waals surface area contributed by atoms with Crippen LogP contribution in [0, 0.1) is 5.41 Å². The van der Waals surface area contributed by atoms with Gasteiger partial charge in [-0.25, -0.2) is 0 Å². The molecule has 1 rings (SSSR count). The van der Waals surface area contributed by atoms with Crippen LogP contribution in [-0.2, 0) is 9.47 Å². The maximum absolute atomic E-state index is 5.22. The molecule has 1 unspecified atom stereocenters. The van der Waals surface area contributed by atoms with E-state index < -0.39 is 0 Å². The summed E-state index contributed by atoms with van der Waals surface area (Å²) >= 11 is 0. The van der Waals surface area contributed by atoms with Gasteiger partial charge in [0.1, 0.15) is 0 Å². The molecule has 1 atom stereocenters. The first-order valence-corrected chi connectivity index (χ1v) is 5.50. The van der Waals surface area contributed by atoms with E-state index >= 15 is 0 Å². The first kappa shape index (κ1) is 12.0. The van der Waals surface area contributed by atoms with E-state index in [1.165, 1.54) is 12.8 Å². The van der Waals surface area contributed by atoms with Crippen LogP contribution in [0.2, 0.25) is 0 Å². The monoisotopic (exact) mass is 201 g/mol. The number of rotatable bonds is 7. The summed E-state index contributed by atoms with van der Waals surface area (Å²) in [5, 5.41) is 3.56. The highest BCUT2D eigenvalue weighted by Crippen LogP contribution is 2.25. The minimum Gasteiger partial charge on any atom is -0.383 e. The number of methoxy groups -OCH3 is 1. The molecule has 0 aromatic carbocycles. The van der Waals surface area contributed by atoms with E-state index in [1.54, 1.807) is 7.11 Å². The summed E-state index contributed by atoms with van der Waals surface area (Å²) in [4.78, 5) is 0.